The fourth-order valence-corrected chi connectivity index (χ4v) is 3.27. The van der Waals surface area contributed by atoms with Crippen LogP contribution >= 0.6 is 0 Å². The molecule has 5 heteroatoms. The summed E-state index contributed by atoms with van der Waals surface area (Å²) in [6, 6.07) is 6.38. The Hall–Kier alpha value is -1.20. The second-order valence-electron chi connectivity index (χ2n) is 5.03. The first-order valence-electron chi connectivity index (χ1n) is 7.02. The molecule has 0 saturated carbocycles. The highest BCUT2D eigenvalue weighted by Crippen LogP contribution is 2.13. The van der Waals surface area contributed by atoms with E-state index in [2.05, 4.69) is 11.6 Å². The van der Waals surface area contributed by atoms with Gasteiger partial charge in [-0.15, -0.1) is 0 Å². The van der Waals surface area contributed by atoms with Gasteiger partial charge in [-0.2, -0.15) is 0 Å². The SMILES string of the molecule is CCCCC[C@@H](CC=O)NS(=O)(=O)c1ccc(C)cc1. The minimum absolute atomic E-state index is 0.217. The maximum Gasteiger partial charge on any atom is 0.240 e. The van der Waals surface area contributed by atoms with Crippen LogP contribution in [0.3, 0.4) is 0 Å². The normalized spacial score (nSPS) is 13.1. The van der Waals surface area contributed by atoms with E-state index in [-0.39, 0.29) is 17.4 Å². The number of sulfonamides is 1. The third-order valence-corrected chi connectivity index (χ3v) is 4.73. The molecule has 0 aliphatic heterocycles. The standard InChI is InChI=1S/C15H23NO3S/c1-3-4-5-6-14(11-12-17)16-20(18,19)15-9-7-13(2)8-10-15/h7-10,12,14,16H,3-6,11H2,1-2H3/t14-/m0/s1. The number of carbonyl (C=O) groups is 1. The fraction of sp³-hybridized carbons (Fsp3) is 0.533. The van der Waals surface area contributed by atoms with Crippen molar-refractivity contribution in [2.24, 2.45) is 0 Å². The van der Waals surface area contributed by atoms with Gasteiger partial charge in [-0.3, -0.25) is 0 Å². The minimum Gasteiger partial charge on any atom is -0.303 e. The highest BCUT2D eigenvalue weighted by molar-refractivity contribution is 7.89. The summed E-state index contributed by atoms with van der Waals surface area (Å²) in [6.07, 6.45) is 4.71. The lowest BCUT2D eigenvalue weighted by Crippen LogP contribution is -2.35. The molecular weight excluding hydrogens is 274 g/mol. The summed E-state index contributed by atoms with van der Waals surface area (Å²) in [4.78, 5) is 10.9. The number of hydrogen-bond donors (Lipinski definition) is 1. The maximum atomic E-state index is 12.2. The van der Waals surface area contributed by atoms with Gasteiger partial charge in [0.1, 0.15) is 6.29 Å². The van der Waals surface area contributed by atoms with Gasteiger partial charge in [-0.1, -0.05) is 43.9 Å². The van der Waals surface area contributed by atoms with Crippen molar-refractivity contribution < 1.29 is 13.2 Å². The van der Waals surface area contributed by atoms with E-state index in [1.807, 2.05) is 6.92 Å². The van der Waals surface area contributed by atoms with Crippen molar-refractivity contribution >= 4 is 16.3 Å². The topological polar surface area (TPSA) is 63.2 Å². The second-order valence-corrected chi connectivity index (χ2v) is 6.74. The largest absolute Gasteiger partial charge is 0.303 e. The average molecular weight is 297 g/mol. The van der Waals surface area contributed by atoms with Gasteiger partial charge >= 0.3 is 0 Å². The molecule has 0 aromatic heterocycles. The van der Waals surface area contributed by atoms with Gasteiger partial charge in [0.05, 0.1) is 4.90 Å². The molecule has 0 amide bonds. The summed E-state index contributed by atoms with van der Waals surface area (Å²) in [5.41, 5.74) is 1.01. The Morgan fingerprint density at radius 3 is 2.40 bits per heavy atom. The molecule has 0 saturated heterocycles. The lowest BCUT2D eigenvalue weighted by Gasteiger charge is -2.16. The molecule has 0 heterocycles. The molecule has 1 aromatic carbocycles. The number of hydrogen-bond acceptors (Lipinski definition) is 3. The Balaban J connectivity index is 2.74. The number of carbonyl (C=O) groups excluding carboxylic acids is 1. The molecule has 1 atom stereocenters. The van der Waals surface area contributed by atoms with Crippen molar-refractivity contribution in [1.82, 2.24) is 4.72 Å². The van der Waals surface area contributed by atoms with Crippen LogP contribution in [0.5, 0.6) is 0 Å². The van der Waals surface area contributed by atoms with Crippen molar-refractivity contribution in [1.29, 1.82) is 0 Å². The molecule has 4 nitrogen and oxygen atoms in total. The van der Waals surface area contributed by atoms with Gasteiger partial charge in [0, 0.05) is 12.5 Å². The van der Waals surface area contributed by atoms with E-state index in [0.29, 0.717) is 6.42 Å². The number of benzene rings is 1. The van der Waals surface area contributed by atoms with Crippen LogP contribution in [0, 0.1) is 6.92 Å². The third kappa shape index (κ3) is 5.43. The highest BCUT2D eigenvalue weighted by Gasteiger charge is 2.19. The van der Waals surface area contributed by atoms with Crippen molar-refractivity contribution in [3.63, 3.8) is 0 Å². The zero-order valence-corrected chi connectivity index (χ0v) is 12.9. The Labute approximate surface area is 121 Å². The van der Waals surface area contributed by atoms with Gasteiger partial charge in [0.2, 0.25) is 10.0 Å². The third-order valence-electron chi connectivity index (χ3n) is 3.19. The predicted octanol–water partition coefficient (Wildman–Crippen LogP) is 2.81. The summed E-state index contributed by atoms with van der Waals surface area (Å²) in [5.74, 6) is 0. The summed E-state index contributed by atoms with van der Waals surface area (Å²) in [5, 5.41) is 0. The van der Waals surface area contributed by atoms with Crippen molar-refractivity contribution in [3.8, 4) is 0 Å². The monoisotopic (exact) mass is 297 g/mol. The second kappa shape index (κ2) is 8.17. The molecule has 1 rings (SSSR count). The summed E-state index contributed by atoms with van der Waals surface area (Å²) >= 11 is 0. The fourth-order valence-electron chi connectivity index (χ4n) is 1.99. The predicted molar refractivity (Wildman–Crippen MR) is 80.1 cm³/mol. The van der Waals surface area contributed by atoms with E-state index in [1.165, 1.54) is 0 Å². The van der Waals surface area contributed by atoms with Crippen LogP contribution in [-0.2, 0) is 14.8 Å². The number of aldehydes is 1. The Morgan fingerprint density at radius 2 is 1.85 bits per heavy atom. The maximum absolute atomic E-state index is 12.2. The van der Waals surface area contributed by atoms with Crippen LogP contribution in [0.1, 0.15) is 44.6 Å². The van der Waals surface area contributed by atoms with Gasteiger partial charge in [-0.25, -0.2) is 13.1 Å². The minimum atomic E-state index is -3.54. The first-order valence-corrected chi connectivity index (χ1v) is 8.50. The van der Waals surface area contributed by atoms with Crippen molar-refractivity contribution in [3.05, 3.63) is 29.8 Å². The Bertz CT molecular complexity index is 508. The van der Waals surface area contributed by atoms with E-state index >= 15 is 0 Å². The first kappa shape index (κ1) is 16.9. The molecule has 0 bridgehead atoms. The summed E-state index contributed by atoms with van der Waals surface area (Å²) < 4.78 is 27.1. The van der Waals surface area contributed by atoms with Crippen LogP contribution < -0.4 is 4.72 Å². The molecule has 0 aliphatic carbocycles. The van der Waals surface area contributed by atoms with Gasteiger partial charge in [0.25, 0.3) is 0 Å². The van der Waals surface area contributed by atoms with Crippen molar-refractivity contribution in [2.75, 3.05) is 0 Å². The van der Waals surface area contributed by atoms with Gasteiger partial charge in [0.15, 0.2) is 0 Å². The van der Waals surface area contributed by atoms with Crippen LogP contribution in [0.15, 0.2) is 29.2 Å². The van der Waals surface area contributed by atoms with E-state index in [9.17, 15) is 13.2 Å². The van der Waals surface area contributed by atoms with E-state index in [0.717, 1.165) is 31.1 Å². The zero-order valence-electron chi connectivity index (χ0n) is 12.1. The molecule has 20 heavy (non-hydrogen) atoms. The van der Waals surface area contributed by atoms with E-state index < -0.39 is 10.0 Å². The van der Waals surface area contributed by atoms with Gasteiger partial charge < -0.3 is 4.79 Å². The number of unbranched alkanes of at least 4 members (excludes halogenated alkanes) is 2. The van der Waals surface area contributed by atoms with E-state index in [1.54, 1.807) is 24.3 Å². The molecular formula is C15H23NO3S. The molecule has 0 radical (unpaired) electrons. The van der Waals surface area contributed by atoms with Crippen LogP contribution in [0.4, 0.5) is 0 Å². The van der Waals surface area contributed by atoms with E-state index in [4.69, 9.17) is 0 Å². The first-order chi connectivity index (χ1) is 9.49. The molecule has 0 aliphatic rings. The molecule has 112 valence electrons. The highest BCUT2D eigenvalue weighted by atomic mass is 32.2. The molecule has 1 N–H and O–H groups in total. The van der Waals surface area contributed by atoms with Crippen LogP contribution in [0.25, 0.3) is 0 Å². The van der Waals surface area contributed by atoms with Crippen molar-refractivity contribution in [2.45, 2.75) is 56.9 Å². The zero-order chi connectivity index (χ0) is 15.0. The lowest BCUT2D eigenvalue weighted by atomic mass is 10.1. The van der Waals surface area contributed by atoms with Gasteiger partial charge in [-0.05, 0) is 25.5 Å². The molecule has 0 unspecified atom stereocenters. The Morgan fingerprint density at radius 1 is 1.20 bits per heavy atom. The number of aryl methyl sites for hydroxylation is 1. The molecule has 1 aromatic rings. The summed E-state index contributed by atoms with van der Waals surface area (Å²) in [6.45, 7) is 4.00. The smallest absolute Gasteiger partial charge is 0.240 e. The number of rotatable bonds is 9. The van der Waals surface area contributed by atoms with Crippen LogP contribution in [0.2, 0.25) is 0 Å². The molecule has 0 spiro atoms. The average Bonchev–Trinajstić information content (AvgIpc) is 2.39. The quantitative estimate of drug-likeness (QED) is 0.563. The summed E-state index contributed by atoms with van der Waals surface area (Å²) in [7, 11) is -3.54. The number of nitrogens with one attached hydrogen (secondary N) is 1. The molecule has 0 fully saturated rings. The lowest BCUT2D eigenvalue weighted by molar-refractivity contribution is -0.108. The Kier molecular flexibility index (Phi) is 6.88. The van der Waals surface area contributed by atoms with Crippen LogP contribution in [-0.4, -0.2) is 20.7 Å².